The van der Waals surface area contributed by atoms with Crippen molar-refractivity contribution in [1.29, 1.82) is 0 Å². The largest absolute Gasteiger partial charge is 0.497 e. The van der Waals surface area contributed by atoms with Crippen LogP contribution in [0.2, 0.25) is 0 Å². The fourth-order valence-corrected chi connectivity index (χ4v) is 6.58. The number of amides is 1. The average Bonchev–Trinajstić information content (AvgIpc) is 2.95. The quantitative estimate of drug-likeness (QED) is 0.276. The summed E-state index contributed by atoms with van der Waals surface area (Å²) in [6.45, 7) is 2.66. The van der Waals surface area contributed by atoms with Gasteiger partial charge in [0.2, 0.25) is 5.91 Å². The number of esters is 1. The summed E-state index contributed by atoms with van der Waals surface area (Å²) >= 11 is 0. The van der Waals surface area contributed by atoms with Crippen LogP contribution in [0, 0.1) is 11.3 Å². The molecule has 1 amide bonds. The van der Waals surface area contributed by atoms with Gasteiger partial charge < -0.3 is 14.4 Å². The number of carbonyl (C=O) groups excluding carboxylic acids is 2. The van der Waals surface area contributed by atoms with E-state index in [1.807, 2.05) is 37.3 Å². The van der Waals surface area contributed by atoms with E-state index in [-0.39, 0.29) is 23.2 Å². The van der Waals surface area contributed by atoms with Crippen molar-refractivity contribution in [3.05, 3.63) is 71.3 Å². The number of allylic oxidation sites excluding steroid dienone is 3. The summed E-state index contributed by atoms with van der Waals surface area (Å²) in [7, 11) is 3.09. The number of carbonyl (C=O) groups is 2. The van der Waals surface area contributed by atoms with Crippen LogP contribution in [0.1, 0.15) is 75.8 Å². The SMILES string of the molecule is COC(=O)/C=C(\C)c1cccc(N(CC23CCC(c4ccc(OC)cc4)=C(C2)C3)C(=O)C2CCCCC2)c1. The van der Waals surface area contributed by atoms with E-state index < -0.39 is 0 Å². The molecular weight excluding hydrogens is 474 g/mol. The Morgan fingerprint density at radius 3 is 2.39 bits per heavy atom. The molecule has 0 aliphatic heterocycles. The van der Waals surface area contributed by atoms with Crippen LogP contribution in [0.3, 0.4) is 0 Å². The summed E-state index contributed by atoms with van der Waals surface area (Å²) in [4.78, 5) is 27.9. The van der Waals surface area contributed by atoms with Crippen molar-refractivity contribution in [2.45, 2.75) is 64.7 Å². The Labute approximate surface area is 226 Å². The van der Waals surface area contributed by atoms with Gasteiger partial charge in [0.15, 0.2) is 0 Å². The Morgan fingerprint density at radius 2 is 1.76 bits per heavy atom. The Balaban J connectivity index is 1.40. The molecule has 0 atom stereocenters. The van der Waals surface area contributed by atoms with Gasteiger partial charge in [-0.3, -0.25) is 4.79 Å². The zero-order valence-electron chi connectivity index (χ0n) is 22.9. The lowest BCUT2D eigenvalue weighted by Crippen LogP contribution is -2.49. The van der Waals surface area contributed by atoms with Crippen LogP contribution < -0.4 is 9.64 Å². The highest BCUT2D eigenvalue weighted by atomic mass is 16.5. The summed E-state index contributed by atoms with van der Waals surface area (Å²) in [5.41, 5.74) is 7.15. The standard InChI is InChI=1S/C33H39NO4/c1-23(18-31(35)38-3)26-10-7-11-28(19-26)34(32(36)25-8-5-4-6-9-25)22-33-17-16-30(27(20-33)21-33)24-12-14-29(37-2)15-13-24/h7,10-15,18-19,25H,4-6,8-9,16-17,20-22H2,1-3H3/b23-18+. The maximum absolute atomic E-state index is 14.0. The molecule has 0 aromatic heterocycles. The number of anilines is 1. The van der Waals surface area contributed by atoms with Gasteiger partial charge in [0, 0.05) is 24.2 Å². The first-order valence-electron chi connectivity index (χ1n) is 13.9. The topological polar surface area (TPSA) is 55.8 Å². The van der Waals surface area contributed by atoms with Crippen molar-refractivity contribution in [2.75, 3.05) is 25.7 Å². The summed E-state index contributed by atoms with van der Waals surface area (Å²) in [5, 5.41) is 0. The fraction of sp³-hybridized carbons (Fsp3) is 0.455. The van der Waals surface area contributed by atoms with Gasteiger partial charge in [0.05, 0.1) is 14.2 Å². The Hall–Kier alpha value is -3.34. The number of ether oxygens (including phenoxy) is 2. The second-order valence-electron chi connectivity index (χ2n) is 11.3. The summed E-state index contributed by atoms with van der Waals surface area (Å²) < 4.78 is 10.2. The van der Waals surface area contributed by atoms with Crippen LogP contribution in [-0.4, -0.2) is 32.6 Å². The number of rotatable bonds is 8. The highest BCUT2D eigenvalue weighted by Crippen LogP contribution is 2.58. The van der Waals surface area contributed by atoms with Crippen LogP contribution >= 0.6 is 0 Å². The van der Waals surface area contributed by atoms with Crippen LogP contribution in [0.4, 0.5) is 5.69 Å². The van der Waals surface area contributed by atoms with Crippen molar-refractivity contribution in [1.82, 2.24) is 0 Å². The van der Waals surface area contributed by atoms with E-state index in [1.54, 1.807) is 7.11 Å². The van der Waals surface area contributed by atoms with Crippen LogP contribution in [0.15, 0.2) is 60.2 Å². The van der Waals surface area contributed by atoms with Crippen LogP contribution in [-0.2, 0) is 14.3 Å². The predicted molar refractivity (Wildman–Crippen MR) is 152 cm³/mol. The molecule has 38 heavy (non-hydrogen) atoms. The van der Waals surface area contributed by atoms with E-state index >= 15 is 0 Å². The molecule has 2 aromatic carbocycles. The third-order valence-electron chi connectivity index (χ3n) is 8.81. The fourth-order valence-electron chi connectivity index (χ4n) is 6.58. The Kier molecular flexibility index (Phi) is 7.73. The van der Waals surface area contributed by atoms with Crippen LogP contribution in [0.5, 0.6) is 5.75 Å². The van der Waals surface area contributed by atoms with E-state index in [0.717, 1.165) is 80.5 Å². The molecule has 0 saturated heterocycles. The van der Waals surface area contributed by atoms with Crippen molar-refractivity contribution >= 4 is 28.7 Å². The zero-order valence-corrected chi connectivity index (χ0v) is 22.9. The molecule has 2 fully saturated rings. The maximum atomic E-state index is 14.0. The molecule has 2 aromatic rings. The number of nitrogens with zero attached hydrogens (tertiary/aromatic N) is 1. The molecule has 0 spiro atoms. The minimum Gasteiger partial charge on any atom is -0.497 e. The van der Waals surface area contributed by atoms with Gasteiger partial charge in [-0.25, -0.2) is 4.79 Å². The van der Waals surface area contributed by atoms with E-state index in [4.69, 9.17) is 9.47 Å². The predicted octanol–water partition coefficient (Wildman–Crippen LogP) is 7.21. The zero-order chi connectivity index (χ0) is 26.7. The number of fused-ring (bicyclic) bond motifs is 2. The van der Waals surface area contributed by atoms with Gasteiger partial charge in [-0.15, -0.1) is 0 Å². The molecule has 5 nitrogen and oxygen atoms in total. The third-order valence-corrected chi connectivity index (χ3v) is 8.81. The van der Waals surface area contributed by atoms with E-state index in [1.165, 1.54) is 36.3 Å². The van der Waals surface area contributed by atoms with Gasteiger partial charge in [-0.1, -0.05) is 49.1 Å². The molecule has 0 heterocycles. The first-order valence-corrected chi connectivity index (χ1v) is 13.9. The molecule has 5 heteroatoms. The number of methoxy groups -OCH3 is 2. The van der Waals surface area contributed by atoms with Gasteiger partial charge in [-0.2, -0.15) is 0 Å². The lowest BCUT2D eigenvalue weighted by Gasteiger charge is -2.52. The summed E-state index contributed by atoms with van der Waals surface area (Å²) in [6.07, 6.45) is 11.2. The number of benzene rings is 2. The molecule has 200 valence electrons. The molecular formula is C33H39NO4. The van der Waals surface area contributed by atoms with Crippen LogP contribution in [0.25, 0.3) is 11.1 Å². The molecule has 2 saturated carbocycles. The highest BCUT2D eigenvalue weighted by molar-refractivity contribution is 5.96. The van der Waals surface area contributed by atoms with Crippen molar-refractivity contribution in [2.24, 2.45) is 11.3 Å². The van der Waals surface area contributed by atoms with Crippen molar-refractivity contribution in [3.63, 3.8) is 0 Å². The molecule has 0 radical (unpaired) electrons. The third kappa shape index (κ3) is 5.43. The lowest BCUT2D eigenvalue weighted by molar-refractivity contribution is -0.134. The van der Waals surface area contributed by atoms with E-state index in [0.29, 0.717) is 0 Å². The van der Waals surface area contributed by atoms with Gasteiger partial charge >= 0.3 is 5.97 Å². The van der Waals surface area contributed by atoms with E-state index in [2.05, 4.69) is 23.1 Å². The molecule has 6 rings (SSSR count). The minimum atomic E-state index is -0.370. The second kappa shape index (κ2) is 11.2. The second-order valence-corrected chi connectivity index (χ2v) is 11.3. The minimum absolute atomic E-state index is 0.101. The first-order chi connectivity index (χ1) is 18.4. The van der Waals surface area contributed by atoms with Crippen molar-refractivity contribution in [3.8, 4) is 5.75 Å². The van der Waals surface area contributed by atoms with E-state index in [9.17, 15) is 9.59 Å². The van der Waals surface area contributed by atoms with Gasteiger partial charge in [0.25, 0.3) is 0 Å². The van der Waals surface area contributed by atoms with Crippen molar-refractivity contribution < 1.29 is 19.1 Å². The maximum Gasteiger partial charge on any atom is 0.330 e. The number of hydrogen-bond donors (Lipinski definition) is 0. The van der Waals surface area contributed by atoms with Gasteiger partial charge in [0.1, 0.15) is 5.75 Å². The number of hydrogen-bond acceptors (Lipinski definition) is 4. The smallest absolute Gasteiger partial charge is 0.330 e. The first kappa shape index (κ1) is 26.3. The monoisotopic (exact) mass is 513 g/mol. The normalized spacial score (nSPS) is 19.0. The van der Waals surface area contributed by atoms with Gasteiger partial charge in [-0.05, 0) is 97.4 Å². The summed E-state index contributed by atoms with van der Waals surface area (Å²) in [5.74, 6) is 0.882. The molecule has 0 unspecified atom stereocenters. The highest BCUT2D eigenvalue weighted by Gasteiger charge is 2.47. The Bertz CT molecular complexity index is 1240. The molecule has 2 bridgehead atoms. The lowest BCUT2D eigenvalue weighted by atomic mass is 9.56. The molecule has 0 N–H and O–H groups in total. The summed E-state index contributed by atoms with van der Waals surface area (Å²) in [6, 6.07) is 16.5. The average molecular weight is 514 g/mol. The Morgan fingerprint density at radius 1 is 1.03 bits per heavy atom. The molecule has 4 aliphatic rings. The molecule has 4 aliphatic carbocycles.